The van der Waals surface area contributed by atoms with Crippen LogP contribution in [0, 0.1) is 0 Å². The van der Waals surface area contributed by atoms with E-state index >= 15 is 0 Å². The van der Waals surface area contributed by atoms with Gasteiger partial charge in [-0.2, -0.15) is 5.10 Å². The molecular weight excluding hydrogens is 416 g/mol. The molecule has 1 aliphatic rings. The van der Waals surface area contributed by atoms with E-state index in [1.54, 1.807) is 48.5 Å². The number of carbonyl (C=O) groups is 2. The van der Waals surface area contributed by atoms with Crippen LogP contribution in [0.15, 0.2) is 83.7 Å². The summed E-state index contributed by atoms with van der Waals surface area (Å²) in [5.41, 5.74) is 1.75. The zero-order chi connectivity index (χ0) is 22.8. The van der Waals surface area contributed by atoms with Gasteiger partial charge in [0.25, 0.3) is 17.4 Å². The molecule has 0 unspecified atom stereocenters. The summed E-state index contributed by atoms with van der Waals surface area (Å²) in [7, 11) is 0. The Bertz CT molecular complexity index is 1410. The maximum Gasteiger partial charge on any atom is 0.276 e. The molecule has 2 N–H and O–H groups in total. The number of rotatable bonds is 6. The molecular formula is C26H22N4O3. The van der Waals surface area contributed by atoms with E-state index in [0.29, 0.717) is 22.0 Å². The molecule has 1 aromatic heterocycles. The summed E-state index contributed by atoms with van der Waals surface area (Å²) in [5, 5.41) is 11.1. The average molecular weight is 438 g/mol. The van der Waals surface area contributed by atoms with Crippen molar-refractivity contribution in [2.45, 2.75) is 25.4 Å². The fourth-order valence-electron chi connectivity index (χ4n) is 3.69. The van der Waals surface area contributed by atoms with Crippen LogP contribution in [0.5, 0.6) is 0 Å². The highest BCUT2D eigenvalue weighted by Gasteiger charge is 2.24. The molecule has 7 nitrogen and oxygen atoms in total. The summed E-state index contributed by atoms with van der Waals surface area (Å²) in [6.45, 7) is 0.252. The Morgan fingerprint density at radius 3 is 2.36 bits per heavy atom. The molecule has 7 heteroatoms. The summed E-state index contributed by atoms with van der Waals surface area (Å²) >= 11 is 0. The molecule has 2 amide bonds. The van der Waals surface area contributed by atoms with Gasteiger partial charge in [0.2, 0.25) is 0 Å². The molecule has 1 fully saturated rings. The van der Waals surface area contributed by atoms with E-state index in [2.05, 4.69) is 15.7 Å². The lowest BCUT2D eigenvalue weighted by Gasteiger charge is -2.12. The van der Waals surface area contributed by atoms with Gasteiger partial charge in [-0.15, -0.1) is 0 Å². The van der Waals surface area contributed by atoms with E-state index in [4.69, 9.17) is 0 Å². The Morgan fingerprint density at radius 2 is 1.61 bits per heavy atom. The fraction of sp³-hybridized carbons (Fsp3) is 0.154. The average Bonchev–Trinajstić information content (AvgIpc) is 3.66. The van der Waals surface area contributed by atoms with E-state index < -0.39 is 5.91 Å². The maximum absolute atomic E-state index is 13.2. The molecule has 33 heavy (non-hydrogen) atoms. The fourth-order valence-corrected chi connectivity index (χ4v) is 3.69. The number of anilines is 1. The van der Waals surface area contributed by atoms with Crippen LogP contribution < -0.4 is 16.2 Å². The first kappa shape index (κ1) is 20.6. The topological polar surface area (TPSA) is 93.1 Å². The van der Waals surface area contributed by atoms with E-state index in [0.717, 1.165) is 18.4 Å². The zero-order valence-corrected chi connectivity index (χ0v) is 17.8. The van der Waals surface area contributed by atoms with Crippen molar-refractivity contribution in [1.82, 2.24) is 15.1 Å². The smallest absolute Gasteiger partial charge is 0.276 e. The summed E-state index contributed by atoms with van der Waals surface area (Å²) in [6.07, 6.45) is 2.00. The van der Waals surface area contributed by atoms with Crippen LogP contribution in [0.4, 0.5) is 5.69 Å². The van der Waals surface area contributed by atoms with Crippen LogP contribution >= 0.6 is 0 Å². The van der Waals surface area contributed by atoms with Crippen molar-refractivity contribution in [1.29, 1.82) is 0 Å². The summed E-state index contributed by atoms with van der Waals surface area (Å²) in [6, 6.07) is 23.5. The molecule has 0 saturated heterocycles. The second-order valence-corrected chi connectivity index (χ2v) is 8.13. The van der Waals surface area contributed by atoms with Crippen LogP contribution in [0.25, 0.3) is 10.8 Å². The molecule has 0 aliphatic heterocycles. The molecule has 0 atom stereocenters. The van der Waals surface area contributed by atoms with Gasteiger partial charge in [-0.1, -0.05) is 54.6 Å². The second kappa shape index (κ2) is 8.70. The minimum absolute atomic E-state index is 0.147. The van der Waals surface area contributed by atoms with E-state index in [9.17, 15) is 14.4 Å². The number of benzene rings is 3. The van der Waals surface area contributed by atoms with Gasteiger partial charge in [-0.3, -0.25) is 14.4 Å². The lowest BCUT2D eigenvalue weighted by atomic mass is 10.1. The number of aromatic nitrogens is 2. The first-order chi connectivity index (χ1) is 16.1. The number of hydrogen-bond acceptors (Lipinski definition) is 4. The molecule has 0 spiro atoms. The number of amides is 2. The number of carbonyl (C=O) groups excluding carboxylic acids is 2. The van der Waals surface area contributed by atoms with Crippen LogP contribution in [0.2, 0.25) is 0 Å². The predicted molar refractivity (Wildman–Crippen MR) is 126 cm³/mol. The molecule has 3 aromatic carbocycles. The number of nitrogens with zero attached hydrogens (tertiary/aromatic N) is 2. The summed E-state index contributed by atoms with van der Waals surface area (Å²) in [5.74, 6) is -0.610. The third-order valence-electron chi connectivity index (χ3n) is 5.55. The first-order valence-electron chi connectivity index (χ1n) is 10.8. The van der Waals surface area contributed by atoms with E-state index in [-0.39, 0.29) is 29.7 Å². The van der Waals surface area contributed by atoms with Crippen LogP contribution in [0.1, 0.15) is 39.3 Å². The highest BCUT2D eigenvalue weighted by Crippen LogP contribution is 2.21. The third kappa shape index (κ3) is 4.52. The van der Waals surface area contributed by atoms with Crippen molar-refractivity contribution in [3.8, 4) is 0 Å². The predicted octanol–water partition coefficient (Wildman–Crippen LogP) is 3.59. The molecule has 1 aliphatic carbocycles. The first-order valence-corrected chi connectivity index (χ1v) is 10.8. The monoisotopic (exact) mass is 438 g/mol. The SMILES string of the molecule is O=C(NC1CC1)c1cccc(NC(=O)c2nn(Cc3ccccc3)c(=O)c3ccccc23)c1. The molecule has 164 valence electrons. The van der Waals surface area contributed by atoms with E-state index in [1.165, 1.54) is 4.68 Å². The largest absolute Gasteiger partial charge is 0.349 e. The molecule has 4 aromatic rings. The minimum Gasteiger partial charge on any atom is -0.349 e. The maximum atomic E-state index is 13.2. The van der Waals surface area contributed by atoms with Crippen molar-refractivity contribution in [2.24, 2.45) is 0 Å². The van der Waals surface area contributed by atoms with Crippen LogP contribution in [-0.2, 0) is 6.54 Å². The van der Waals surface area contributed by atoms with Crippen molar-refractivity contribution >= 4 is 28.3 Å². The molecule has 1 saturated carbocycles. The van der Waals surface area contributed by atoms with Gasteiger partial charge in [0, 0.05) is 22.7 Å². The molecule has 1 heterocycles. The van der Waals surface area contributed by atoms with Gasteiger partial charge in [0.15, 0.2) is 5.69 Å². The summed E-state index contributed by atoms with van der Waals surface area (Å²) in [4.78, 5) is 38.6. The van der Waals surface area contributed by atoms with Crippen molar-refractivity contribution in [3.63, 3.8) is 0 Å². The van der Waals surface area contributed by atoms with Gasteiger partial charge < -0.3 is 10.6 Å². The molecule has 0 radical (unpaired) electrons. The number of fused-ring (bicyclic) bond motifs is 1. The lowest BCUT2D eigenvalue weighted by Crippen LogP contribution is -2.28. The summed E-state index contributed by atoms with van der Waals surface area (Å²) < 4.78 is 1.31. The van der Waals surface area contributed by atoms with Gasteiger partial charge in [0.05, 0.1) is 11.9 Å². The normalized spacial score (nSPS) is 13.0. The zero-order valence-electron chi connectivity index (χ0n) is 17.8. The number of nitrogens with one attached hydrogen (secondary N) is 2. The van der Waals surface area contributed by atoms with Crippen LogP contribution in [-0.4, -0.2) is 27.6 Å². The molecule has 0 bridgehead atoms. The van der Waals surface area contributed by atoms with Crippen molar-refractivity contribution in [2.75, 3.05) is 5.32 Å². The highest BCUT2D eigenvalue weighted by molar-refractivity contribution is 6.11. The van der Waals surface area contributed by atoms with Gasteiger partial charge in [-0.25, -0.2) is 4.68 Å². The van der Waals surface area contributed by atoms with Gasteiger partial charge in [-0.05, 0) is 42.7 Å². The second-order valence-electron chi connectivity index (χ2n) is 8.13. The molecule has 5 rings (SSSR count). The highest BCUT2D eigenvalue weighted by atomic mass is 16.2. The lowest BCUT2D eigenvalue weighted by molar-refractivity contribution is 0.0949. The van der Waals surface area contributed by atoms with Crippen LogP contribution in [0.3, 0.4) is 0 Å². The quantitative estimate of drug-likeness (QED) is 0.481. The van der Waals surface area contributed by atoms with E-state index in [1.807, 2.05) is 30.3 Å². The Labute approximate surface area is 190 Å². The Morgan fingerprint density at radius 1 is 0.879 bits per heavy atom. The Hall–Kier alpha value is -4.26. The van der Waals surface area contributed by atoms with Crippen molar-refractivity contribution in [3.05, 3.63) is 106 Å². The Kier molecular flexibility index (Phi) is 5.44. The van der Waals surface area contributed by atoms with Crippen molar-refractivity contribution < 1.29 is 9.59 Å². The van der Waals surface area contributed by atoms with Gasteiger partial charge >= 0.3 is 0 Å². The van der Waals surface area contributed by atoms with Gasteiger partial charge in [0.1, 0.15) is 0 Å². The third-order valence-corrected chi connectivity index (χ3v) is 5.55. The standard InChI is InChI=1S/C26H22N4O3/c31-24(27-19-13-14-19)18-9-6-10-20(15-18)28-25(32)23-21-11-4-5-12-22(21)26(33)30(29-23)16-17-7-2-1-3-8-17/h1-12,15,19H,13-14,16H2,(H,27,31)(H,28,32). The Balaban J connectivity index is 1.47. The number of hydrogen-bond donors (Lipinski definition) is 2. The minimum atomic E-state index is -0.451.